The molecule has 6 heteroatoms. The molecule has 23 heavy (non-hydrogen) atoms. The van der Waals surface area contributed by atoms with Gasteiger partial charge in [-0.05, 0) is 23.6 Å². The van der Waals surface area contributed by atoms with Gasteiger partial charge in [-0.1, -0.05) is 46.8 Å². The van der Waals surface area contributed by atoms with E-state index in [1.807, 2.05) is 32.9 Å². The van der Waals surface area contributed by atoms with E-state index in [0.717, 1.165) is 5.69 Å². The number of benzene rings is 1. The Morgan fingerprint density at radius 1 is 1.30 bits per heavy atom. The molecule has 0 fully saturated rings. The minimum Gasteiger partial charge on any atom is -0.370 e. The summed E-state index contributed by atoms with van der Waals surface area (Å²) >= 11 is 0. The molecule has 0 radical (unpaired) electrons. The summed E-state index contributed by atoms with van der Waals surface area (Å²) in [6, 6.07) is 8.10. The average Bonchev–Trinajstić information content (AvgIpc) is 2.42. The van der Waals surface area contributed by atoms with Crippen LogP contribution in [0.4, 0.5) is 5.69 Å². The Balaban J connectivity index is 0.00000484. The molecule has 5 nitrogen and oxygen atoms in total. The van der Waals surface area contributed by atoms with Gasteiger partial charge in [-0.2, -0.15) is 0 Å². The zero-order valence-electron chi connectivity index (χ0n) is 14.6. The van der Waals surface area contributed by atoms with E-state index >= 15 is 0 Å². The van der Waals surface area contributed by atoms with Crippen molar-refractivity contribution in [3.05, 3.63) is 29.8 Å². The maximum atomic E-state index is 11.7. The molecule has 130 valence electrons. The van der Waals surface area contributed by atoms with Gasteiger partial charge in [0, 0.05) is 17.6 Å². The number of rotatable bonds is 5. The zero-order valence-corrected chi connectivity index (χ0v) is 17.0. The lowest BCUT2D eigenvalue weighted by molar-refractivity contribution is -0.128. The number of carbonyl (C=O) groups excluding carboxylic acids is 1. The van der Waals surface area contributed by atoms with Crippen LogP contribution in [0, 0.1) is 5.41 Å². The number of guanidine groups is 1. The lowest BCUT2D eigenvalue weighted by atomic mass is 9.96. The van der Waals surface area contributed by atoms with Crippen molar-refractivity contribution < 1.29 is 4.79 Å². The van der Waals surface area contributed by atoms with Crippen LogP contribution in [-0.4, -0.2) is 25.0 Å². The summed E-state index contributed by atoms with van der Waals surface area (Å²) < 4.78 is 0. The first-order valence-corrected chi connectivity index (χ1v) is 7.65. The monoisotopic (exact) mass is 432 g/mol. The summed E-state index contributed by atoms with van der Waals surface area (Å²) in [5.41, 5.74) is 7.64. The third kappa shape index (κ3) is 8.20. The lowest BCUT2D eigenvalue weighted by Crippen LogP contribution is -2.36. The summed E-state index contributed by atoms with van der Waals surface area (Å²) in [6.45, 7) is 10.9. The van der Waals surface area contributed by atoms with Gasteiger partial charge in [0.15, 0.2) is 5.96 Å². The second kappa shape index (κ2) is 9.75. The fourth-order valence-electron chi connectivity index (χ4n) is 1.77. The van der Waals surface area contributed by atoms with Crippen LogP contribution in [-0.2, 0) is 4.79 Å². The number of carbonyl (C=O) groups is 1. The van der Waals surface area contributed by atoms with Crippen molar-refractivity contribution in [3.63, 3.8) is 0 Å². The van der Waals surface area contributed by atoms with Gasteiger partial charge in [0.2, 0.25) is 5.91 Å². The smallest absolute Gasteiger partial charge is 0.225 e. The molecule has 0 aliphatic carbocycles. The lowest BCUT2D eigenvalue weighted by Gasteiger charge is -2.17. The molecule has 0 saturated carbocycles. The Morgan fingerprint density at radius 3 is 2.52 bits per heavy atom. The molecule has 0 heterocycles. The normalized spacial score (nSPS) is 11.8. The van der Waals surface area contributed by atoms with E-state index in [4.69, 9.17) is 5.73 Å². The van der Waals surface area contributed by atoms with E-state index in [0.29, 0.717) is 25.0 Å². The molecule has 0 atom stereocenters. The van der Waals surface area contributed by atoms with E-state index in [1.165, 1.54) is 5.56 Å². The van der Waals surface area contributed by atoms with Gasteiger partial charge >= 0.3 is 0 Å². The number of halogens is 1. The third-order valence-electron chi connectivity index (χ3n) is 3.19. The number of hydrogen-bond acceptors (Lipinski definition) is 2. The van der Waals surface area contributed by atoms with Crippen LogP contribution in [0.5, 0.6) is 0 Å². The molecule has 0 unspecified atom stereocenters. The molecule has 0 aliphatic heterocycles. The summed E-state index contributed by atoms with van der Waals surface area (Å²) in [5, 5.41) is 5.91. The molecule has 1 amide bonds. The highest BCUT2D eigenvalue weighted by Gasteiger charge is 2.20. The highest BCUT2D eigenvalue weighted by atomic mass is 127. The molecule has 4 N–H and O–H groups in total. The molecule has 0 aliphatic rings. The van der Waals surface area contributed by atoms with E-state index in [9.17, 15) is 4.79 Å². The molecule has 1 aromatic rings. The van der Waals surface area contributed by atoms with Gasteiger partial charge in [-0.25, -0.2) is 0 Å². The largest absolute Gasteiger partial charge is 0.370 e. The van der Waals surface area contributed by atoms with Crippen molar-refractivity contribution in [2.24, 2.45) is 16.1 Å². The topological polar surface area (TPSA) is 79.5 Å². The Bertz CT molecular complexity index is 536. The van der Waals surface area contributed by atoms with Crippen LogP contribution < -0.4 is 16.4 Å². The predicted molar refractivity (Wildman–Crippen MR) is 109 cm³/mol. The van der Waals surface area contributed by atoms with Crippen LogP contribution in [0.1, 0.15) is 46.1 Å². The van der Waals surface area contributed by atoms with E-state index < -0.39 is 0 Å². The highest BCUT2D eigenvalue weighted by molar-refractivity contribution is 14.0. The van der Waals surface area contributed by atoms with Crippen molar-refractivity contribution in [3.8, 4) is 0 Å². The molecule has 0 aromatic heterocycles. The number of amides is 1. The second-order valence-electron chi connectivity index (χ2n) is 6.68. The van der Waals surface area contributed by atoms with Gasteiger partial charge in [0.1, 0.15) is 0 Å². The van der Waals surface area contributed by atoms with E-state index in [2.05, 4.69) is 41.6 Å². The molecular weight excluding hydrogens is 403 g/mol. The summed E-state index contributed by atoms with van der Waals surface area (Å²) in [7, 11) is 0. The minimum absolute atomic E-state index is 0. The predicted octanol–water partition coefficient (Wildman–Crippen LogP) is 3.32. The van der Waals surface area contributed by atoms with Crippen LogP contribution in [0.25, 0.3) is 0 Å². The Hall–Kier alpha value is -1.31. The van der Waals surface area contributed by atoms with E-state index in [1.54, 1.807) is 0 Å². The van der Waals surface area contributed by atoms with Crippen molar-refractivity contribution in [2.45, 2.75) is 40.5 Å². The summed E-state index contributed by atoms with van der Waals surface area (Å²) in [6.07, 6.45) is 0. The molecule has 0 bridgehead atoms. The van der Waals surface area contributed by atoms with Crippen molar-refractivity contribution in [1.29, 1.82) is 0 Å². The number of aliphatic imine (C=N–C) groups is 1. The maximum absolute atomic E-state index is 11.7. The Morgan fingerprint density at radius 2 is 1.96 bits per heavy atom. The fourth-order valence-corrected chi connectivity index (χ4v) is 1.77. The molecular formula is C17H29IN4O. The molecule has 1 aromatic carbocycles. The SMILES string of the molecule is CC(C)c1cccc(NC(N)=NCCNC(=O)C(C)(C)C)c1.I. The van der Waals surface area contributed by atoms with Gasteiger partial charge in [-0.15, -0.1) is 24.0 Å². The number of anilines is 1. The number of nitrogens with one attached hydrogen (secondary N) is 2. The zero-order chi connectivity index (χ0) is 16.8. The number of nitrogens with two attached hydrogens (primary N) is 1. The number of hydrogen-bond donors (Lipinski definition) is 3. The third-order valence-corrected chi connectivity index (χ3v) is 3.19. The standard InChI is InChI=1S/C17H28N4O.HI/c1-12(2)13-7-6-8-14(11-13)21-16(18)20-10-9-19-15(22)17(3,4)5;/h6-8,11-12H,9-10H2,1-5H3,(H,19,22)(H3,18,20,21);1H. The van der Waals surface area contributed by atoms with Crippen LogP contribution in [0.3, 0.4) is 0 Å². The molecule has 0 saturated heterocycles. The van der Waals surface area contributed by atoms with Crippen molar-refractivity contribution in [1.82, 2.24) is 5.32 Å². The summed E-state index contributed by atoms with van der Waals surface area (Å²) in [5.74, 6) is 0.831. The first kappa shape index (κ1) is 21.7. The second-order valence-corrected chi connectivity index (χ2v) is 6.68. The first-order chi connectivity index (χ1) is 10.2. The maximum Gasteiger partial charge on any atom is 0.225 e. The van der Waals surface area contributed by atoms with Gasteiger partial charge in [-0.3, -0.25) is 9.79 Å². The number of nitrogens with zero attached hydrogens (tertiary/aromatic N) is 1. The minimum atomic E-state index is -0.384. The van der Waals surface area contributed by atoms with Crippen LogP contribution in [0.15, 0.2) is 29.3 Å². The average molecular weight is 432 g/mol. The van der Waals surface area contributed by atoms with Crippen molar-refractivity contribution in [2.75, 3.05) is 18.4 Å². The van der Waals surface area contributed by atoms with Gasteiger partial charge in [0.25, 0.3) is 0 Å². The Kier molecular flexibility index (Phi) is 9.19. The van der Waals surface area contributed by atoms with E-state index in [-0.39, 0.29) is 35.3 Å². The van der Waals surface area contributed by atoms with Crippen molar-refractivity contribution >= 4 is 41.5 Å². The Labute approximate surface area is 156 Å². The van der Waals surface area contributed by atoms with Gasteiger partial charge < -0.3 is 16.4 Å². The fraction of sp³-hybridized carbons (Fsp3) is 0.529. The van der Waals surface area contributed by atoms with Crippen LogP contribution >= 0.6 is 24.0 Å². The first-order valence-electron chi connectivity index (χ1n) is 7.65. The highest BCUT2D eigenvalue weighted by Crippen LogP contribution is 2.18. The molecule has 0 spiro atoms. The summed E-state index contributed by atoms with van der Waals surface area (Å²) in [4.78, 5) is 15.9. The quantitative estimate of drug-likeness (QED) is 0.289. The van der Waals surface area contributed by atoms with Crippen LogP contribution in [0.2, 0.25) is 0 Å². The molecule has 1 rings (SSSR count). The van der Waals surface area contributed by atoms with Gasteiger partial charge in [0.05, 0.1) is 6.54 Å².